The molecule has 0 bridgehead atoms. The van der Waals surface area contributed by atoms with Crippen LogP contribution in [0, 0.1) is 11.8 Å². The van der Waals surface area contributed by atoms with E-state index in [1.807, 2.05) is 13.8 Å². The highest BCUT2D eigenvalue weighted by Crippen LogP contribution is 2.19. The van der Waals surface area contributed by atoms with Gasteiger partial charge in [0.1, 0.15) is 4.88 Å². The lowest BCUT2D eigenvalue weighted by atomic mass is 10.2. The fourth-order valence-electron chi connectivity index (χ4n) is 1.51. The van der Waals surface area contributed by atoms with Crippen LogP contribution in [-0.4, -0.2) is 35.8 Å². The third-order valence-corrected chi connectivity index (χ3v) is 3.30. The molecule has 0 unspecified atom stereocenters. The molecule has 0 aliphatic carbocycles. The SMILES string of the molecule is CC(C)N(CC(N)=O)C(=O)c1sccc1C#CCN. The maximum Gasteiger partial charge on any atom is 0.265 e. The van der Waals surface area contributed by atoms with Gasteiger partial charge < -0.3 is 16.4 Å². The molecule has 0 fully saturated rings. The van der Waals surface area contributed by atoms with Crippen molar-refractivity contribution >= 4 is 23.2 Å². The van der Waals surface area contributed by atoms with Crippen molar-refractivity contribution in [3.05, 3.63) is 21.9 Å². The molecule has 1 heterocycles. The molecule has 0 radical (unpaired) electrons. The molecule has 102 valence electrons. The fourth-order valence-corrected chi connectivity index (χ4v) is 2.31. The zero-order valence-corrected chi connectivity index (χ0v) is 11.8. The van der Waals surface area contributed by atoms with Crippen molar-refractivity contribution in [2.45, 2.75) is 19.9 Å². The predicted molar refractivity (Wildman–Crippen MR) is 75.6 cm³/mol. The van der Waals surface area contributed by atoms with E-state index >= 15 is 0 Å². The third-order valence-electron chi connectivity index (χ3n) is 2.39. The number of carbonyl (C=O) groups is 2. The quantitative estimate of drug-likeness (QED) is 0.781. The molecule has 1 rings (SSSR count). The number of amides is 2. The van der Waals surface area contributed by atoms with Gasteiger partial charge in [0, 0.05) is 11.6 Å². The summed E-state index contributed by atoms with van der Waals surface area (Å²) in [4.78, 5) is 25.4. The van der Waals surface area contributed by atoms with E-state index in [0.29, 0.717) is 10.4 Å². The molecule has 0 spiro atoms. The monoisotopic (exact) mass is 279 g/mol. The molecule has 4 N–H and O–H groups in total. The minimum Gasteiger partial charge on any atom is -0.368 e. The average molecular weight is 279 g/mol. The summed E-state index contributed by atoms with van der Waals surface area (Å²) in [5.74, 6) is 4.80. The van der Waals surface area contributed by atoms with Crippen molar-refractivity contribution in [1.29, 1.82) is 0 Å². The van der Waals surface area contributed by atoms with Gasteiger partial charge in [0.05, 0.1) is 13.1 Å². The molecule has 6 heteroatoms. The Hall–Kier alpha value is -1.84. The van der Waals surface area contributed by atoms with Crippen molar-refractivity contribution < 1.29 is 9.59 Å². The third kappa shape index (κ3) is 4.09. The van der Waals surface area contributed by atoms with Crippen LogP contribution in [0.5, 0.6) is 0 Å². The van der Waals surface area contributed by atoms with E-state index in [1.165, 1.54) is 16.2 Å². The summed E-state index contributed by atoms with van der Waals surface area (Å²) in [6.45, 7) is 3.80. The van der Waals surface area contributed by atoms with E-state index in [9.17, 15) is 9.59 Å². The maximum atomic E-state index is 12.4. The van der Waals surface area contributed by atoms with Gasteiger partial charge >= 0.3 is 0 Å². The van der Waals surface area contributed by atoms with Gasteiger partial charge in [-0.3, -0.25) is 9.59 Å². The molecule has 19 heavy (non-hydrogen) atoms. The zero-order valence-electron chi connectivity index (χ0n) is 11.0. The number of primary amides is 1. The van der Waals surface area contributed by atoms with E-state index in [1.54, 1.807) is 11.4 Å². The first-order valence-electron chi connectivity index (χ1n) is 5.83. The van der Waals surface area contributed by atoms with Crippen molar-refractivity contribution in [3.63, 3.8) is 0 Å². The molecule has 1 aromatic rings. The Labute approximate surface area is 116 Å². The summed E-state index contributed by atoms with van der Waals surface area (Å²) in [7, 11) is 0. The Bertz CT molecular complexity index is 525. The summed E-state index contributed by atoms with van der Waals surface area (Å²) in [6, 6.07) is 1.65. The summed E-state index contributed by atoms with van der Waals surface area (Å²) in [5, 5.41) is 1.79. The number of nitrogens with two attached hydrogens (primary N) is 2. The van der Waals surface area contributed by atoms with Gasteiger partial charge in [0.2, 0.25) is 5.91 Å². The van der Waals surface area contributed by atoms with Crippen molar-refractivity contribution in [3.8, 4) is 11.8 Å². The lowest BCUT2D eigenvalue weighted by molar-refractivity contribution is -0.119. The number of hydrogen-bond acceptors (Lipinski definition) is 4. The number of carbonyl (C=O) groups excluding carboxylic acids is 2. The Morgan fingerprint density at radius 1 is 1.47 bits per heavy atom. The van der Waals surface area contributed by atoms with Crippen LogP contribution in [0.3, 0.4) is 0 Å². The van der Waals surface area contributed by atoms with Crippen LogP contribution in [-0.2, 0) is 4.79 Å². The predicted octanol–water partition coefficient (Wildman–Crippen LogP) is 0.394. The molecule has 0 atom stereocenters. The van der Waals surface area contributed by atoms with Gasteiger partial charge in [-0.1, -0.05) is 11.8 Å². The van der Waals surface area contributed by atoms with E-state index in [4.69, 9.17) is 11.5 Å². The summed E-state index contributed by atoms with van der Waals surface area (Å²) in [6.07, 6.45) is 0. The van der Waals surface area contributed by atoms with E-state index in [2.05, 4.69) is 11.8 Å². The Balaban J connectivity index is 3.03. The van der Waals surface area contributed by atoms with Crippen LogP contribution < -0.4 is 11.5 Å². The number of thiophene rings is 1. The second-order valence-corrected chi connectivity index (χ2v) is 5.08. The first kappa shape index (κ1) is 15.2. The zero-order chi connectivity index (χ0) is 14.4. The van der Waals surface area contributed by atoms with Crippen molar-refractivity contribution in [2.24, 2.45) is 11.5 Å². The maximum absolute atomic E-state index is 12.4. The summed E-state index contributed by atoms with van der Waals surface area (Å²) < 4.78 is 0. The van der Waals surface area contributed by atoms with Gasteiger partial charge in [-0.25, -0.2) is 0 Å². The first-order chi connectivity index (χ1) is 8.97. The lowest BCUT2D eigenvalue weighted by Gasteiger charge is -2.24. The highest BCUT2D eigenvalue weighted by Gasteiger charge is 2.23. The molecule has 1 aromatic heterocycles. The number of hydrogen-bond donors (Lipinski definition) is 2. The molecular formula is C13H17N3O2S. The van der Waals surface area contributed by atoms with Crippen LogP contribution in [0.2, 0.25) is 0 Å². The second-order valence-electron chi connectivity index (χ2n) is 4.16. The van der Waals surface area contributed by atoms with Crippen molar-refractivity contribution in [2.75, 3.05) is 13.1 Å². The van der Waals surface area contributed by atoms with Gasteiger partial charge in [0.15, 0.2) is 0 Å². The average Bonchev–Trinajstić information content (AvgIpc) is 2.80. The van der Waals surface area contributed by atoms with Crippen LogP contribution in [0.1, 0.15) is 29.1 Å². The normalized spacial score (nSPS) is 9.89. The smallest absolute Gasteiger partial charge is 0.265 e. The highest BCUT2D eigenvalue weighted by molar-refractivity contribution is 7.12. The topological polar surface area (TPSA) is 89.4 Å². The molecule has 0 saturated carbocycles. The Morgan fingerprint density at radius 3 is 2.68 bits per heavy atom. The Kier molecular flexibility index (Phi) is 5.55. The van der Waals surface area contributed by atoms with Crippen LogP contribution in [0.25, 0.3) is 0 Å². The Morgan fingerprint density at radius 2 is 2.16 bits per heavy atom. The van der Waals surface area contributed by atoms with Crippen LogP contribution in [0.4, 0.5) is 0 Å². The van der Waals surface area contributed by atoms with Gasteiger partial charge in [-0.15, -0.1) is 11.3 Å². The molecule has 0 aromatic carbocycles. The molecule has 2 amide bonds. The first-order valence-corrected chi connectivity index (χ1v) is 6.71. The van der Waals surface area contributed by atoms with E-state index < -0.39 is 5.91 Å². The van der Waals surface area contributed by atoms with Crippen LogP contribution in [0.15, 0.2) is 11.4 Å². The summed E-state index contributed by atoms with van der Waals surface area (Å²) in [5.41, 5.74) is 11.1. The minimum absolute atomic E-state index is 0.0991. The summed E-state index contributed by atoms with van der Waals surface area (Å²) >= 11 is 1.29. The van der Waals surface area contributed by atoms with E-state index in [-0.39, 0.29) is 25.0 Å². The van der Waals surface area contributed by atoms with Gasteiger partial charge in [-0.05, 0) is 25.3 Å². The number of rotatable bonds is 4. The standard InChI is InChI=1S/C13H17N3O2S/c1-9(2)16(8-11(15)17)13(18)12-10(4-3-6-14)5-7-19-12/h5,7,9H,6,8,14H2,1-2H3,(H2,15,17). The molecule has 5 nitrogen and oxygen atoms in total. The van der Waals surface area contributed by atoms with Gasteiger partial charge in [0.25, 0.3) is 5.91 Å². The van der Waals surface area contributed by atoms with E-state index in [0.717, 1.165) is 0 Å². The second kappa shape index (κ2) is 6.92. The van der Waals surface area contributed by atoms with Crippen LogP contribution >= 0.6 is 11.3 Å². The minimum atomic E-state index is -0.534. The molecule has 0 aliphatic heterocycles. The molecule has 0 saturated heterocycles. The van der Waals surface area contributed by atoms with Crippen molar-refractivity contribution in [1.82, 2.24) is 4.90 Å². The number of nitrogens with zero attached hydrogens (tertiary/aromatic N) is 1. The highest BCUT2D eigenvalue weighted by atomic mass is 32.1. The van der Waals surface area contributed by atoms with Gasteiger partial charge in [-0.2, -0.15) is 0 Å². The largest absolute Gasteiger partial charge is 0.368 e. The molecule has 0 aliphatic rings. The lowest BCUT2D eigenvalue weighted by Crippen LogP contribution is -2.42. The molecular weight excluding hydrogens is 262 g/mol. The fraction of sp³-hybridized carbons (Fsp3) is 0.385.